The van der Waals surface area contributed by atoms with Gasteiger partial charge in [0.25, 0.3) is 0 Å². The second-order valence-electron chi connectivity index (χ2n) is 9.27. The monoisotopic (exact) mass is 643 g/mol. The van der Waals surface area contributed by atoms with Crippen LogP contribution in [0.1, 0.15) is 12.6 Å². The maximum Gasteiger partial charge on any atom is 0.326 e. The normalized spacial score (nSPS) is 11.0. The lowest BCUT2D eigenvalue weighted by Gasteiger charge is -2.23. The molecular formula is C31H34ClN3O6S2. The molecule has 1 aromatic heterocycles. The van der Waals surface area contributed by atoms with Gasteiger partial charge in [-0.3, -0.25) is 9.59 Å². The van der Waals surface area contributed by atoms with Crippen LogP contribution in [-0.4, -0.2) is 61.8 Å². The third kappa shape index (κ3) is 8.32. The Bertz CT molecular complexity index is 1550. The fourth-order valence-corrected chi connectivity index (χ4v) is 6.53. The largest absolute Gasteiger partial charge is 0.497 e. The van der Waals surface area contributed by atoms with Crippen molar-refractivity contribution in [1.29, 1.82) is 0 Å². The van der Waals surface area contributed by atoms with Crippen molar-refractivity contribution in [1.82, 2.24) is 8.87 Å². The van der Waals surface area contributed by atoms with Gasteiger partial charge in [-0.25, -0.2) is 4.31 Å². The Morgan fingerprint density at radius 3 is 2.00 bits per heavy atom. The molecule has 0 aliphatic rings. The van der Waals surface area contributed by atoms with Crippen molar-refractivity contribution in [3.8, 4) is 11.5 Å². The number of aromatic nitrogens is 1. The second kappa shape index (κ2) is 15.3. The minimum absolute atomic E-state index is 0.0211. The van der Waals surface area contributed by atoms with E-state index in [2.05, 4.69) is 0 Å². The van der Waals surface area contributed by atoms with Crippen LogP contribution in [0, 0.1) is 0 Å². The first-order chi connectivity index (χ1) is 20.8. The Morgan fingerprint density at radius 1 is 0.837 bits per heavy atom. The SMILES string of the molecule is CCOC(=O)CN(Sc1ccc(OC)cc1)c1ccc(Cl)c2c1cc(CN(CC(=O)OC)Sc1ccc(OC)cc1)n2C. The number of rotatable bonds is 14. The molecule has 0 unspecified atom stereocenters. The summed E-state index contributed by atoms with van der Waals surface area (Å²) in [5.41, 5.74) is 2.53. The summed E-state index contributed by atoms with van der Waals surface area (Å²) in [7, 11) is 6.55. The third-order valence-electron chi connectivity index (χ3n) is 6.51. The van der Waals surface area contributed by atoms with E-state index in [9.17, 15) is 9.59 Å². The number of carbonyl (C=O) groups excluding carboxylic acids is 2. The summed E-state index contributed by atoms with van der Waals surface area (Å²) >= 11 is 9.61. The van der Waals surface area contributed by atoms with Crippen molar-refractivity contribution in [2.24, 2.45) is 7.05 Å². The van der Waals surface area contributed by atoms with Crippen LogP contribution in [0.5, 0.6) is 11.5 Å². The molecule has 4 aromatic rings. The number of methoxy groups -OCH3 is 3. The predicted molar refractivity (Wildman–Crippen MR) is 172 cm³/mol. The number of hydrogen-bond acceptors (Lipinski definition) is 10. The van der Waals surface area contributed by atoms with Gasteiger partial charge in [0.1, 0.15) is 24.6 Å². The van der Waals surface area contributed by atoms with Crippen LogP contribution in [0.3, 0.4) is 0 Å². The summed E-state index contributed by atoms with van der Waals surface area (Å²) in [6, 6.07) is 21.0. The first-order valence-corrected chi connectivity index (χ1v) is 15.3. The molecule has 0 spiro atoms. The molecular weight excluding hydrogens is 610 g/mol. The molecule has 1 heterocycles. The van der Waals surface area contributed by atoms with E-state index in [1.165, 1.54) is 31.0 Å². The smallest absolute Gasteiger partial charge is 0.326 e. The highest BCUT2D eigenvalue weighted by Gasteiger charge is 2.22. The molecule has 12 heteroatoms. The average Bonchev–Trinajstić information content (AvgIpc) is 3.33. The zero-order valence-electron chi connectivity index (χ0n) is 24.7. The molecule has 0 atom stereocenters. The second-order valence-corrected chi connectivity index (χ2v) is 11.9. The highest BCUT2D eigenvalue weighted by atomic mass is 35.5. The Kier molecular flexibility index (Phi) is 11.5. The maximum atomic E-state index is 12.7. The molecule has 3 aromatic carbocycles. The number of carbonyl (C=O) groups is 2. The standard InChI is InChI=1S/C31H34ClN3O6S2/c1-6-41-30(37)20-35(43-25-13-9-23(39-4)10-14-25)28-16-15-27(32)31-26(28)17-21(33(31)2)18-34(19-29(36)40-5)42-24-11-7-22(38-3)8-12-24/h7-17H,6,18-20H2,1-5H3. The first-order valence-electron chi connectivity index (χ1n) is 13.4. The number of hydrogen-bond donors (Lipinski definition) is 0. The minimum Gasteiger partial charge on any atom is -0.497 e. The molecule has 0 radical (unpaired) electrons. The molecule has 0 saturated heterocycles. The average molecular weight is 644 g/mol. The number of nitrogens with zero attached hydrogens (tertiary/aromatic N) is 3. The Morgan fingerprint density at radius 2 is 1.44 bits per heavy atom. The van der Waals surface area contributed by atoms with Crippen LogP contribution in [-0.2, 0) is 32.7 Å². The van der Waals surface area contributed by atoms with Gasteiger partial charge in [-0.2, -0.15) is 0 Å². The van der Waals surface area contributed by atoms with Gasteiger partial charge in [0, 0.05) is 27.9 Å². The zero-order valence-corrected chi connectivity index (χ0v) is 27.1. The lowest BCUT2D eigenvalue weighted by Crippen LogP contribution is -2.25. The Balaban J connectivity index is 1.71. The van der Waals surface area contributed by atoms with E-state index in [4.69, 9.17) is 30.5 Å². The summed E-state index contributed by atoms with van der Waals surface area (Å²) in [4.78, 5) is 26.9. The van der Waals surface area contributed by atoms with E-state index in [1.807, 2.05) is 87.0 Å². The van der Waals surface area contributed by atoms with Crippen LogP contribution < -0.4 is 13.8 Å². The van der Waals surface area contributed by atoms with Crippen LogP contribution in [0.4, 0.5) is 5.69 Å². The first kappa shape index (κ1) is 32.4. The topological polar surface area (TPSA) is 82.5 Å². The van der Waals surface area contributed by atoms with Crippen molar-refractivity contribution in [2.75, 3.05) is 45.3 Å². The summed E-state index contributed by atoms with van der Waals surface area (Å²) < 4.78 is 26.7. The summed E-state index contributed by atoms with van der Waals surface area (Å²) in [5, 5.41) is 1.43. The summed E-state index contributed by atoms with van der Waals surface area (Å²) in [5.74, 6) is 0.796. The van der Waals surface area contributed by atoms with Gasteiger partial charge in [0.05, 0.1) is 50.7 Å². The number of ether oxygens (including phenoxy) is 4. The molecule has 43 heavy (non-hydrogen) atoms. The molecule has 4 rings (SSSR count). The van der Waals surface area contributed by atoms with E-state index in [-0.39, 0.29) is 31.6 Å². The highest BCUT2D eigenvalue weighted by Crippen LogP contribution is 2.39. The summed E-state index contributed by atoms with van der Waals surface area (Å²) in [6.07, 6.45) is 0. The molecule has 0 saturated carbocycles. The zero-order chi connectivity index (χ0) is 30.9. The molecule has 228 valence electrons. The van der Waals surface area contributed by atoms with Gasteiger partial charge in [0.2, 0.25) is 0 Å². The molecule has 0 amide bonds. The van der Waals surface area contributed by atoms with Gasteiger partial charge in [0.15, 0.2) is 0 Å². The number of benzene rings is 3. The number of esters is 2. The maximum absolute atomic E-state index is 12.7. The Hall–Kier alpha value is -3.51. The lowest BCUT2D eigenvalue weighted by molar-refractivity contribution is -0.141. The fourth-order valence-electron chi connectivity index (χ4n) is 4.38. The van der Waals surface area contributed by atoms with Gasteiger partial charge >= 0.3 is 11.9 Å². The van der Waals surface area contributed by atoms with Crippen molar-refractivity contribution >= 4 is 64.0 Å². The number of aryl methyl sites for hydroxylation is 1. The van der Waals surface area contributed by atoms with Gasteiger partial charge in [-0.05, 0) is 97.5 Å². The lowest BCUT2D eigenvalue weighted by atomic mass is 10.2. The summed E-state index contributed by atoms with van der Waals surface area (Å²) in [6.45, 7) is 2.57. The minimum atomic E-state index is -0.352. The quantitative estimate of drug-likeness (QED) is 0.111. The van der Waals surface area contributed by atoms with Gasteiger partial charge < -0.3 is 27.8 Å². The number of fused-ring (bicyclic) bond motifs is 1. The molecule has 9 nitrogen and oxygen atoms in total. The molecule has 0 N–H and O–H groups in total. The molecule has 0 aliphatic carbocycles. The van der Waals surface area contributed by atoms with Crippen molar-refractivity contribution < 1.29 is 28.5 Å². The Labute approximate surface area is 265 Å². The van der Waals surface area contributed by atoms with Crippen LogP contribution in [0.15, 0.2) is 76.5 Å². The number of halogens is 1. The molecule has 0 bridgehead atoms. The van der Waals surface area contributed by atoms with Crippen LogP contribution >= 0.6 is 35.5 Å². The van der Waals surface area contributed by atoms with E-state index in [0.29, 0.717) is 11.6 Å². The van der Waals surface area contributed by atoms with E-state index in [1.54, 1.807) is 21.1 Å². The molecule has 0 fully saturated rings. The number of anilines is 1. The van der Waals surface area contributed by atoms with Gasteiger partial charge in [-0.15, -0.1) is 0 Å². The van der Waals surface area contributed by atoms with Gasteiger partial charge in [-0.1, -0.05) is 11.6 Å². The van der Waals surface area contributed by atoms with E-state index in [0.717, 1.165) is 43.6 Å². The molecule has 0 aliphatic heterocycles. The fraction of sp³-hybridized carbons (Fsp3) is 0.290. The van der Waals surface area contributed by atoms with E-state index >= 15 is 0 Å². The van der Waals surface area contributed by atoms with Crippen molar-refractivity contribution in [2.45, 2.75) is 23.3 Å². The predicted octanol–water partition coefficient (Wildman–Crippen LogP) is 6.61. The van der Waals surface area contributed by atoms with Crippen molar-refractivity contribution in [3.05, 3.63) is 77.4 Å². The van der Waals surface area contributed by atoms with E-state index < -0.39 is 0 Å². The highest BCUT2D eigenvalue weighted by molar-refractivity contribution is 8.00. The van der Waals surface area contributed by atoms with Crippen molar-refractivity contribution in [3.63, 3.8) is 0 Å². The third-order valence-corrected chi connectivity index (χ3v) is 8.84. The van der Waals surface area contributed by atoms with Crippen LogP contribution in [0.25, 0.3) is 10.9 Å². The van der Waals surface area contributed by atoms with Crippen LogP contribution in [0.2, 0.25) is 5.02 Å².